The van der Waals surface area contributed by atoms with Gasteiger partial charge in [-0.2, -0.15) is 8.42 Å². The summed E-state index contributed by atoms with van der Waals surface area (Å²) < 4.78 is 65.9. The van der Waals surface area contributed by atoms with Gasteiger partial charge in [0, 0.05) is 26.2 Å². The van der Waals surface area contributed by atoms with E-state index in [0.717, 1.165) is 5.56 Å². The summed E-state index contributed by atoms with van der Waals surface area (Å²) in [6.45, 7) is 14.1. The molecular weight excluding hydrogens is 556 g/mol. The molecule has 2 atom stereocenters. The fourth-order valence-corrected chi connectivity index (χ4v) is 5.89. The molecule has 0 bridgehead atoms. The summed E-state index contributed by atoms with van der Waals surface area (Å²) in [5.74, 6) is 0.357. The van der Waals surface area contributed by atoms with Crippen molar-refractivity contribution in [1.82, 2.24) is 0 Å². The van der Waals surface area contributed by atoms with Gasteiger partial charge in [0.15, 0.2) is 13.7 Å². The second-order valence-corrected chi connectivity index (χ2v) is 17.6. The minimum Gasteiger partial charge on any atom is -0.468 e. The Morgan fingerprint density at radius 3 is 2.02 bits per heavy atom. The zero-order valence-electron chi connectivity index (χ0n) is 25.4. The van der Waals surface area contributed by atoms with E-state index >= 15 is 0 Å². The molecule has 2 rings (SSSR count). The Morgan fingerprint density at radius 2 is 1.52 bits per heavy atom. The minimum atomic E-state index is -4.10. The lowest BCUT2D eigenvalue weighted by molar-refractivity contribution is -0.288. The van der Waals surface area contributed by atoms with Gasteiger partial charge < -0.3 is 27.8 Å². The van der Waals surface area contributed by atoms with Crippen LogP contribution in [0.4, 0.5) is 0 Å². The molecule has 0 saturated heterocycles. The van der Waals surface area contributed by atoms with E-state index in [2.05, 4.69) is 33.9 Å². The van der Waals surface area contributed by atoms with Crippen LogP contribution in [0.2, 0.25) is 18.1 Å². The minimum absolute atomic E-state index is 0.0195. The van der Waals surface area contributed by atoms with E-state index in [1.807, 2.05) is 6.92 Å². The molecule has 0 fully saturated rings. The Bertz CT molecular complexity index is 1280. The second-order valence-electron chi connectivity index (χ2n) is 11.2. The van der Waals surface area contributed by atoms with E-state index in [4.69, 9.17) is 32.0 Å². The van der Waals surface area contributed by atoms with Crippen molar-refractivity contribution < 1.29 is 40.4 Å². The fraction of sp³-hybridized carbons (Fsp3) is 0.607. The van der Waals surface area contributed by atoms with Gasteiger partial charge in [0.2, 0.25) is 0 Å². The highest BCUT2D eigenvalue weighted by Crippen LogP contribution is 2.42. The molecule has 0 saturated carbocycles. The predicted molar refractivity (Wildman–Crippen MR) is 154 cm³/mol. The topological polar surface area (TPSA) is 120 Å². The van der Waals surface area contributed by atoms with Crippen LogP contribution in [0.1, 0.15) is 55.7 Å². The second kappa shape index (κ2) is 13.7. The Morgan fingerprint density at radius 1 is 0.950 bits per heavy atom. The first-order chi connectivity index (χ1) is 18.5. The molecule has 1 aromatic carbocycles. The molecule has 2 aromatic rings. The molecule has 40 heavy (non-hydrogen) atoms. The summed E-state index contributed by atoms with van der Waals surface area (Å²) in [7, 11) is -2.34. The van der Waals surface area contributed by atoms with Crippen LogP contribution in [0.3, 0.4) is 0 Å². The van der Waals surface area contributed by atoms with E-state index < -0.39 is 37.1 Å². The maximum absolute atomic E-state index is 13.1. The summed E-state index contributed by atoms with van der Waals surface area (Å²) in [4.78, 5) is 13.1. The fourth-order valence-electron chi connectivity index (χ4n) is 3.69. The van der Waals surface area contributed by atoms with Gasteiger partial charge in [-0.05, 0) is 51.0 Å². The van der Waals surface area contributed by atoms with Crippen LogP contribution in [0, 0.1) is 20.8 Å². The van der Waals surface area contributed by atoms with Crippen molar-refractivity contribution in [2.75, 3.05) is 27.9 Å². The summed E-state index contributed by atoms with van der Waals surface area (Å²) in [5.41, 5.74) is 1.39. The van der Waals surface area contributed by atoms with Gasteiger partial charge in [-0.1, -0.05) is 38.5 Å². The summed E-state index contributed by atoms with van der Waals surface area (Å²) in [6.07, 6.45) is -1.64. The normalized spacial score (nSPS) is 14.4. The molecule has 226 valence electrons. The van der Waals surface area contributed by atoms with Crippen LogP contribution >= 0.6 is 0 Å². The number of hydrogen-bond donors (Lipinski definition) is 0. The van der Waals surface area contributed by atoms with Gasteiger partial charge in [-0.15, -0.1) is 0 Å². The molecule has 0 amide bonds. The first-order valence-electron chi connectivity index (χ1n) is 13.0. The first-order valence-corrected chi connectivity index (χ1v) is 17.3. The molecule has 1 unspecified atom stereocenters. The van der Waals surface area contributed by atoms with E-state index in [1.165, 1.54) is 33.5 Å². The molecule has 0 aliphatic carbocycles. The Hall–Kier alpha value is -2.06. The van der Waals surface area contributed by atoms with Crippen molar-refractivity contribution in [3.8, 4) is 5.95 Å². The first kappa shape index (κ1) is 34.1. The maximum atomic E-state index is 13.1. The predicted octanol–water partition coefficient (Wildman–Crippen LogP) is 5.39. The average molecular weight is 601 g/mol. The number of ether oxygens (including phenoxy) is 4. The van der Waals surface area contributed by atoms with E-state index in [1.54, 1.807) is 26.0 Å². The highest BCUT2D eigenvalue weighted by Gasteiger charge is 2.41. The molecule has 0 radical (unpaired) electrons. The van der Waals surface area contributed by atoms with E-state index in [9.17, 15) is 13.2 Å². The van der Waals surface area contributed by atoms with Crippen molar-refractivity contribution in [2.45, 2.75) is 89.7 Å². The quantitative estimate of drug-likeness (QED) is 0.158. The van der Waals surface area contributed by atoms with Crippen LogP contribution in [0.25, 0.3) is 0 Å². The third-order valence-corrected chi connectivity index (χ3v) is 12.9. The number of aryl methyl sites for hydroxylation is 1. The third kappa shape index (κ3) is 8.48. The van der Waals surface area contributed by atoms with Gasteiger partial charge >= 0.3 is 0 Å². The van der Waals surface area contributed by atoms with Gasteiger partial charge in [0.25, 0.3) is 22.5 Å². The molecule has 10 nitrogen and oxygen atoms in total. The Kier molecular flexibility index (Phi) is 11.7. The smallest absolute Gasteiger partial charge is 0.297 e. The third-order valence-electron chi connectivity index (χ3n) is 7.16. The molecular formula is C28H44O10SSi. The lowest BCUT2D eigenvalue weighted by atomic mass is 10.0. The lowest BCUT2D eigenvalue weighted by Gasteiger charge is -2.40. The molecule has 1 heterocycles. The SMILES string of the molecule is COc1oc([C@@H](CC(COS(=O)(=O)c2ccc(C)cc2)OC(OC)OC)O[Si](C)(C)C(C)(C)C)c(C)c(=O)c1C. The molecule has 0 N–H and O–H groups in total. The van der Waals surface area contributed by atoms with Gasteiger partial charge in [0.05, 0.1) is 30.3 Å². The Labute approximate surface area is 239 Å². The van der Waals surface area contributed by atoms with Gasteiger partial charge in [-0.25, -0.2) is 0 Å². The average Bonchev–Trinajstić information content (AvgIpc) is 2.88. The zero-order valence-corrected chi connectivity index (χ0v) is 27.3. The van der Waals surface area contributed by atoms with Crippen LogP contribution in [-0.4, -0.2) is 57.3 Å². The van der Waals surface area contributed by atoms with Crippen LogP contribution in [-0.2, 0) is 32.9 Å². The number of hydrogen-bond acceptors (Lipinski definition) is 10. The van der Waals surface area contributed by atoms with Crippen LogP contribution in [0.5, 0.6) is 5.95 Å². The van der Waals surface area contributed by atoms with Crippen molar-refractivity contribution in [3.63, 3.8) is 0 Å². The van der Waals surface area contributed by atoms with Crippen molar-refractivity contribution in [1.29, 1.82) is 0 Å². The molecule has 1 aromatic heterocycles. The largest absolute Gasteiger partial charge is 0.468 e. The Balaban J connectivity index is 2.54. The molecule has 0 aliphatic rings. The summed E-state index contributed by atoms with van der Waals surface area (Å²) in [5, 5.41) is -0.183. The van der Waals surface area contributed by atoms with Gasteiger partial charge in [0.1, 0.15) is 11.9 Å². The number of benzene rings is 1. The number of methoxy groups -OCH3 is 3. The maximum Gasteiger partial charge on any atom is 0.297 e. The van der Waals surface area contributed by atoms with E-state index in [0.29, 0.717) is 11.1 Å². The standard InChI is InChI=1S/C28H44O10SSi/c1-18-12-14-22(15-13-18)39(30,31)35-17-21(36-27(33-8)34-9)16-23(38-40(10,11)28(4,5)6)25-19(2)24(29)20(3)26(32-7)37-25/h12-15,21,23,27H,16-17H2,1-11H3/t21?,23-/m1/s1. The molecule has 0 spiro atoms. The van der Waals surface area contributed by atoms with Crippen LogP contribution in [0.15, 0.2) is 38.4 Å². The van der Waals surface area contributed by atoms with Gasteiger partial charge in [-0.3, -0.25) is 8.98 Å². The summed E-state index contributed by atoms with van der Waals surface area (Å²) >= 11 is 0. The van der Waals surface area contributed by atoms with Crippen molar-refractivity contribution in [2.24, 2.45) is 0 Å². The highest BCUT2D eigenvalue weighted by atomic mass is 32.2. The number of rotatable bonds is 14. The van der Waals surface area contributed by atoms with Crippen LogP contribution < -0.4 is 10.2 Å². The molecule has 12 heteroatoms. The van der Waals surface area contributed by atoms with E-state index in [-0.39, 0.29) is 40.1 Å². The highest BCUT2D eigenvalue weighted by molar-refractivity contribution is 7.86. The molecule has 0 aliphatic heterocycles. The summed E-state index contributed by atoms with van der Waals surface area (Å²) in [6, 6.07) is 6.34. The van der Waals surface area contributed by atoms with Crippen molar-refractivity contribution in [3.05, 3.63) is 56.9 Å². The monoisotopic (exact) mass is 600 g/mol. The lowest BCUT2D eigenvalue weighted by Crippen LogP contribution is -2.43. The zero-order chi connectivity index (χ0) is 30.5. The van der Waals surface area contributed by atoms with Crippen molar-refractivity contribution >= 4 is 18.4 Å².